The Hall–Kier alpha value is -2.84. The van der Waals surface area contributed by atoms with Crippen molar-refractivity contribution in [1.82, 2.24) is 24.8 Å². The number of hydrogen-bond donors (Lipinski definition) is 0. The fraction of sp³-hybridized carbons (Fsp3) is 0.455. The average Bonchev–Trinajstić information content (AvgIpc) is 3.34. The van der Waals surface area contributed by atoms with Crippen molar-refractivity contribution in [2.75, 3.05) is 39.4 Å². The molecule has 2 saturated heterocycles. The molecule has 0 atom stereocenters. The highest BCUT2D eigenvalue weighted by Gasteiger charge is 2.27. The van der Waals surface area contributed by atoms with Crippen LogP contribution in [0, 0.1) is 0 Å². The molecule has 0 bridgehead atoms. The molecule has 1 amide bonds. The molecule has 0 saturated carbocycles. The lowest BCUT2D eigenvalue weighted by Gasteiger charge is -2.40. The van der Waals surface area contributed by atoms with Gasteiger partial charge in [0.25, 0.3) is 0 Å². The van der Waals surface area contributed by atoms with Gasteiger partial charge in [-0.2, -0.15) is 0 Å². The van der Waals surface area contributed by atoms with Gasteiger partial charge in [-0.25, -0.2) is 4.98 Å². The molecule has 0 aromatic carbocycles. The van der Waals surface area contributed by atoms with Gasteiger partial charge in [0.1, 0.15) is 0 Å². The predicted molar refractivity (Wildman–Crippen MR) is 111 cm³/mol. The van der Waals surface area contributed by atoms with E-state index in [1.807, 2.05) is 17.0 Å². The van der Waals surface area contributed by atoms with Crippen molar-refractivity contribution in [2.45, 2.75) is 25.3 Å². The van der Waals surface area contributed by atoms with Crippen molar-refractivity contribution in [1.29, 1.82) is 0 Å². The molecular formula is C22H25N5O3. The van der Waals surface area contributed by atoms with Crippen LogP contribution in [0.25, 0.3) is 22.2 Å². The molecule has 0 N–H and O–H groups in total. The van der Waals surface area contributed by atoms with Gasteiger partial charge in [-0.15, -0.1) is 0 Å². The monoisotopic (exact) mass is 407 g/mol. The van der Waals surface area contributed by atoms with Crippen molar-refractivity contribution in [3.8, 4) is 11.3 Å². The Balaban J connectivity index is 1.23. The number of amides is 1. The summed E-state index contributed by atoms with van der Waals surface area (Å²) in [5.41, 5.74) is 2.41. The number of nitrogens with zero attached hydrogens (tertiary/aromatic N) is 5. The maximum absolute atomic E-state index is 12.9. The van der Waals surface area contributed by atoms with Gasteiger partial charge in [-0.3, -0.25) is 19.7 Å². The highest BCUT2D eigenvalue weighted by Crippen LogP contribution is 2.23. The molecule has 0 unspecified atom stereocenters. The zero-order valence-corrected chi connectivity index (χ0v) is 16.9. The molecule has 5 rings (SSSR count). The van der Waals surface area contributed by atoms with E-state index in [0.29, 0.717) is 18.2 Å². The Kier molecular flexibility index (Phi) is 5.42. The standard InChI is InChI=1S/C22H25N5O3/c28-22(27-3-1-19(2-4-27)26-5-7-29-8-6-26)11-18-10-16-9-17(21-14-23-15-30-21)12-25-20(16)13-24-18/h9-10,12-15,19H,1-8,11H2. The van der Waals surface area contributed by atoms with Crippen LogP contribution in [-0.4, -0.2) is 76.1 Å². The van der Waals surface area contributed by atoms with Gasteiger partial charge in [0, 0.05) is 49.4 Å². The van der Waals surface area contributed by atoms with Crippen LogP contribution < -0.4 is 0 Å². The summed E-state index contributed by atoms with van der Waals surface area (Å²) in [5.74, 6) is 0.809. The van der Waals surface area contributed by atoms with Gasteiger partial charge in [-0.1, -0.05) is 0 Å². The average molecular weight is 407 g/mol. The van der Waals surface area contributed by atoms with E-state index in [2.05, 4.69) is 19.9 Å². The quantitative estimate of drug-likeness (QED) is 0.655. The van der Waals surface area contributed by atoms with Gasteiger partial charge in [0.05, 0.1) is 43.2 Å². The molecule has 8 nitrogen and oxygen atoms in total. The first kappa shape index (κ1) is 19.1. The van der Waals surface area contributed by atoms with Crippen LogP contribution >= 0.6 is 0 Å². The summed E-state index contributed by atoms with van der Waals surface area (Å²) < 4.78 is 10.8. The van der Waals surface area contributed by atoms with Crippen LogP contribution in [0.3, 0.4) is 0 Å². The Morgan fingerprint density at radius 3 is 2.63 bits per heavy atom. The molecule has 30 heavy (non-hydrogen) atoms. The number of aromatic nitrogens is 3. The second kappa shape index (κ2) is 8.49. The zero-order chi connectivity index (χ0) is 20.3. The summed E-state index contributed by atoms with van der Waals surface area (Å²) >= 11 is 0. The molecular weight excluding hydrogens is 382 g/mol. The molecule has 8 heteroatoms. The number of ether oxygens (including phenoxy) is 1. The topological polar surface area (TPSA) is 84.6 Å². The fourth-order valence-electron chi connectivity index (χ4n) is 4.36. The molecule has 2 aliphatic heterocycles. The van der Waals surface area contributed by atoms with E-state index in [-0.39, 0.29) is 5.91 Å². The minimum absolute atomic E-state index is 0.140. The molecule has 0 radical (unpaired) electrons. The number of carbonyl (C=O) groups excluding carboxylic acids is 1. The van der Waals surface area contributed by atoms with Crippen molar-refractivity contribution < 1.29 is 13.9 Å². The van der Waals surface area contributed by atoms with Gasteiger partial charge in [0.15, 0.2) is 12.2 Å². The van der Waals surface area contributed by atoms with E-state index in [9.17, 15) is 4.79 Å². The van der Waals surface area contributed by atoms with Gasteiger partial charge >= 0.3 is 0 Å². The number of piperidine rings is 1. The molecule has 3 aromatic rings. The molecule has 2 fully saturated rings. The summed E-state index contributed by atoms with van der Waals surface area (Å²) in [6.45, 7) is 5.27. The SMILES string of the molecule is O=C(Cc1cc2cc(-c3cnco3)cnc2cn1)N1CCC(N2CCOCC2)CC1. The van der Waals surface area contributed by atoms with Crippen LogP contribution in [0.5, 0.6) is 0 Å². The van der Waals surface area contributed by atoms with Crippen LogP contribution in [0.4, 0.5) is 0 Å². The smallest absolute Gasteiger partial charge is 0.228 e. The third kappa shape index (κ3) is 4.06. The summed E-state index contributed by atoms with van der Waals surface area (Å²) in [5, 5.41) is 0.938. The van der Waals surface area contributed by atoms with Crippen LogP contribution in [0.15, 0.2) is 41.5 Å². The van der Waals surface area contributed by atoms with Crippen molar-refractivity contribution in [3.63, 3.8) is 0 Å². The zero-order valence-electron chi connectivity index (χ0n) is 16.9. The minimum Gasteiger partial charge on any atom is -0.443 e. The number of hydrogen-bond acceptors (Lipinski definition) is 7. The van der Waals surface area contributed by atoms with E-state index in [0.717, 1.165) is 74.4 Å². The van der Waals surface area contributed by atoms with Gasteiger partial charge in [-0.05, 0) is 25.0 Å². The lowest BCUT2D eigenvalue weighted by molar-refractivity contribution is -0.132. The second-order valence-electron chi connectivity index (χ2n) is 7.90. The van der Waals surface area contributed by atoms with Crippen molar-refractivity contribution in [3.05, 3.63) is 42.8 Å². The molecule has 3 aromatic heterocycles. The number of rotatable bonds is 4. The largest absolute Gasteiger partial charge is 0.443 e. The maximum Gasteiger partial charge on any atom is 0.228 e. The lowest BCUT2D eigenvalue weighted by atomic mass is 10.0. The molecule has 5 heterocycles. The van der Waals surface area contributed by atoms with Crippen molar-refractivity contribution in [2.24, 2.45) is 0 Å². The third-order valence-corrected chi connectivity index (χ3v) is 6.05. The highest BCUT2D eigenvalue weighted by atomic mass is 16.5. The summed E-state index contributed by atoms with van der Waals surface area (Å²) in [6, 6.07) is 4.50. The first-order valence-electron chi connectivity index (χ1n) is 10.5. The van der Waals surface area contributed by atoms with Crippen molar-refractivity contribution >= 4 is 16.8 Å². The molecule has 0 aliphatic carbocycles. The first-order chi connectivity index (χ1) is 14.8. The Morgan fingerprint density at radius 1 is 1.03 bits per heavy atom. The van der Waals surface area contributed by atoms with E-state index >= 15 is 0 Å². The number of morpholine rings is 1. The lowest BCUT2D eigenvalue weighted by Crippen LogP contribution is -2.50. The molecule has 2 aliphatic rings. The Labute approximate surface area is 174 Å². The number of likely N-dealkylation sites (tertiary alicyclic amines) is 1. The summed E-state index contributed by atoms with van der Waals surface area (Å²) in [6.07, 6.45) is 8.90. The Morgan fingerprint density at radius 2 is 1.87 bits per heavy atom. The van der Waals surface area contributed by atoms with Crippen LogP contribution in [0.2, 0.25) is 0 Å². The van der Waals surface area contributed by atoms with Gasteiger partial charge in [0.2, 0.25) is 5.91 Å². The number of pyridine rings is 2. The van der Waals surface area contributed by atoms with E-state index in [1.54, 1.807) is 18.6 Å². The molecule has 156 valence electrons. The minimum atomic E-state index is 0.140. The number of oxazole rings is 1. The number of carbonyl (C=O) groups is 1. The van der Waals surface area contributed by atoms with Gasteiger partial charge < -0.3 is 14.1 Å². The summed E-state index contributed by atoms with van der Waals surface area (Å²) in [4.78, 5) is 30.2. The second-order valence-corrected chi connectivity index (χ2v) is 7.90. The normalized spacial score (nSPS) is 18.7. The fourth-order valence-corrected chi connectivity index (χ4v) is 4.36. The first-order valence-corrected chi connectivity index (χ1v) is 10.5. The third-order valence-electron chi connectivity index (χ3n) is 6.05. The van der Waals surface area contributed by atoms with Crippen LogP contribution in [0.1, 0.15) is 18.5 Å². The maximum atomic E-state index is 12.9. The predicted octanol–water partition coefficient (Wildman–Crippen LogP) is 2.15. The summed E-state index contributed by atoms with van der Waals surface area (Å²) in [7, 11) is 0. The van der Waals surface area contributed by atoms with E-state index in [4.69, 9.17) is 9.15 Å². The highest BCUT2D eigenvalue weighted by molar-refractivity contribution is 5.84. The van der Waals surface area contributed by atoms with E-state index in [1.165, 1.54) is 6.39 Å². The van der Waals surface area contributed by atoms with E-state index < -0.39 is 0 Å². The number of fused-ring (bicyclic) bond motifs is 1. The van der Waals surface area contributed by atoms with Crippen LogP contribution in [-0.2, 0) is 16.0 Å². The Bertz CT molecular complexity index is 1010. The molecule has 0 spiro atoms.